The van der Waals surface area contributed by atoms with Crippen LogP contribution in [0.1, 0.15) is 13.8 Å². The summed E-state index contributed by atoms with van der Waals surface area (Å²) in [4.78, 5) is 0. The highest BCUT2D eigenvalue weighted by Crippen LogP contribution is 2.40. The van der Waals surface area contributed by atoms with Gasteiger partial charge in [0.2, 0.25) is 0 Å². The van der Waals surface area contributed by atoms with E-state index in [9.17, 15) is 18.6 Å². The van der Waals surface area contributed by atoms with Gasteiger partial charge in [-0.15, -0.1) is 5.10 Å². The van der Waals surface area contributed by atoms with Gasteiger partial charge in [0.05, 0.1) is 24.5 Å². The molecule has 0 bridgehead atoms. The summed E-state index contributed by atoms with van der Waals surface area (Å²) in [6.45, 7) is 3.68. The zero-order valence-corrected chi connectivity index (χ0v) is 17.0. The van der Waals surface area contributed by atoms with Crippen LogP contribution in [0, 0.1) is 0 Å². The third-order valence-corrected chi connectivity index (χ3v) is 4.16. The van der Waals surface area contributed by atoms with Gasteiger partial charge >= 0.3 is 16.4 Å². The predicted octanol–water partition coefficient (Wildman–Crippen LogP) is 2.32. The topological polar surface area (TPSA) is 153 Å². The Morgan fingerprint density at radius 1 is 1.07 bits per heavy atom. The fraction of sp³-hybridized carbons (Fsp3) is 0.222. The van der Waals surface area contributed by atoms with Gasteiger partial charge in [0.25, 0.3) is 0 Å². The molecule has 0 fully saturated rings. The number of hydrogen-bond acceptors (Lipinski definition) is 9. The van der Waals surface area contributed by atoms with E-state index in [-0.39, 0.29) is 34.7 Å². The van der Waals surface area contributed by atoms with Crippen molar-refractivity contribution < 1.29 is 36.8 Å². The molecule has 3 N–H and O–H groups in total. The average molecular weight is 437 g/mol. The lowest BCUT2D eigenvalue weighted by molar-refractivity contribution is 0.242. The number of aromatic hydroxyl groups is 2. The Kier molecular flexibility index (Phi) is 5.71. The lowest BCUT2D eigenvalue weighted by Gasteiger charge is -2.14. The zero-order chi connectivity index (χ0) is 22.1. The average Bonchev–Trinajstić information content (AvgIpc) is 3.03. The molecule has 3 aromatic rings. The van der Waals surface area contributed by atoms with Crippen molar-refractivity contribution in [2.45, 2.75) is 20.0 Å². The Bertz CT molecular complexity index is 1170. The first-order valence-electron chi connectivity index (χ1n) is 8.58. The largest absolute Gasteiger partial charge is 0.507 e. The molecule has 1 aromatic heterocycles. The molecule has 2 aromatic carbocycles. The molecule has 0 spiro atoms. The van der Waals surface area contributed by atoms with Gasteiger partial charge in [-0.2, -0.15) is 8.42 Å². The van der Waals surface area contributed by atoms with Crippen LogP contribution in [0.4, 0.5) is 0 Å². The zero-order valence-electron chi connectivity index (χ0n) is 16.2. The van der Waals surface area contributed by atoms with E-state index >= 15 is 0 Å². The quantitative estimate of drug-likeness (QED) is 0.469. The number of benzene rings is 2. The van der Waals surface area contributed by atoms with E-state index < -0.39 is 16.4 Å². The molecule has 30 heavy (non-hydrogen) atoms. The molecule has 0 saturated carbocycles. The fourth-order valence-electron chi connectivity index (χ4n) is 2.69. The molecule has 0 saturated heterocycles. The number of phenols is 2. The Balaban J connectivity index is 2.24. The first-order valence-corrected chi connectivity index (χ1v) is 9.95. The summed E-state index contributed by atoms with van der Waals surface area (Å²) in [5.41, 5.74) is 0.371. The summed E-state index contributed by atoms with van der Waals surface area (Å²) < 4.78 is 48.1. The van der Waals surface area contributed by atoms with Gasteiger partial charge in [0, 0.05) is 12.1 Å². The Morgan fingerprint density at radius 3 is 2.43 bits per heavy atom. The summed E-state index contributed by atoms with van der Waals surface area (Å²) in [5.74, 6) is -0.244. The molecule has 12 heteroatoms. The highest BCUT2D eigenvalue weighted by atomic mass is 32.3. The Morgan fingerprint density at radius 2 is 1.80 bits per heavy atom. The number of rotatable bonds is 7. The molecule has 0 radical (unpaired) electrons. The molecule has 160 valence electrons. The van der Waals surface area contributed by atoms with E-state index in [1.807, 2.05) is 13.8 Å². The standard InChI is InChI=1S/C18H19N3O8S/c1-10(2)28-12-6-4-5-11(7-12)21-17(19-20-18(21)29-30(24,25)26)13-8-16(27-3)15(23)9-14(13)22/h4-10,22-23H,1-3H3,(H,24,25,26). The molecular formula is C18H19N3O8S. The van der Waals surface area contributed by atoms with Crippen LogP contribution in [0.3, 0.4) is 0 Å². The van der Waals surface area contributed by atoms with Crippen LogP contribution in [0.5, 0.6) is 29.0 Å². The number of methoxy groups -OCH3 is 1. The van der Waals surface area contributed by atoms with E-state index in [1.165, 1.54) is 13.2 Å². The van der Waals surface area contributed by atoms with Crippen LogP contribution in [0.2, 0.25) is 0 Å². The van der Waals surface area contributed by atoms with Crippen molar-refractivity contribution in [2.24, 2.45) is 0 Å². The lowest BCUT2D eigenvalue weighted by Crippen LogP contribution is -2.11. The number of hydrogen-bond donors (Lipinski definition) is 3. The second-order valence-corrected chi connectivity index (χ2v) is 7.38. The van der Waals surface area contributed by atoms with E-state index in [4.69, 9.17) is 14.0 Å². The first-order chi connectivity index (χ1) is 14.1. The lowest BCUT2D eigenvalue weighted by atomic mass is 10.1. The molecule has 0 aliphatic carbocycles. The molecule has 0 unspecified atom stereocenters. The Labute approximate surface area is 172 Å². The van der Waals surface area contributed by atoms with Crippen molar-refractivity contribution >= 4 is 10.4 Å². The van der Waals surface area contributed by atoms with Crippen molar-refractivity contribution in [1.29, 1.82) is 0 Å². The molecule has 3 rings (SSSR count). The maximum absolute atomic E-state index is 11.3. The van der Waals surface area contributed by atoms with Crippen LogP contribution in [0.25, 0.3) is 17.1 Å². The number of phenolic OH excluding ortho intramolecular Hbond substituents is 2. The highest BCUT2D eigenvalue weighted by Gasteiger charge is 2.24. The fourth-order valence-corrected chi connectivity index (χ4v) is 2.99. The third kappa shape index (κ3) is 4.55. The van der Waals surface area contributed by atoms with E-state index in [0.29, 0.717) is 11.4 Å². The Hall–Kier alpha value is -3.51. The van der Waals surface area contributed by atoms with Crippen LogP contribution in [-0.2, 0) is 10.4 Å². The predicted molar refractivity (Wildman–Crippen MR) is 105 cm³/mol. The van der Waals surface area contributed by atoms with Crippen LogP contribution in [0.15, 0.2) is 36.4 Å². The SMILES string of the molecule is COc1cc(-c2nnc(OS(=O)(=O)O)n2-c2cccc(OC(C)C)c2)c(O)cc1O. The number of aromatic nitrogens is 3. The number of ether oxygens (including phenoxy) is 2. The normalized spacial score (nSPS) is 11.5. The second kappa shape index (κ2) is 8.08. The van der Waals surface area contributed by atoms with Gasteiger partial charge in [-0.1, -0.05) is 11.2 Å². The van der Waals surface area contributed by atoms with Gasteiger partial charge < -0.3 is 23.9 Å². The van der Waals surface area contributed by atoms with Crippen molar-refractivity contribution in [3.05, 3.63) is 36.4 Å². The molecule has 1 heterocycles. The molecule has 0 atom stereocenters. The maximum Gasteiger partial charge on any atom is 0.449 e. The molecule has 0 aliphatic rings. The van der Waals surface area contributed by atoms with Crippen LogP contribution < -0.4 is 13.7 Å². The second-order valence-electron chi connectivity index (χ2n) is 6.36. The van der Waals surface area contributed by atoms with E-state index in [0.717, 1.165) is 10.6 Å². The molecule has 0 amide bonds. The molecule has 11 nitrogen and oxygen atoms in total. The van der Waals surface area contributed by atoms with Gasteiger partial charge in [-0.3, -0.25) is 4.55 Å². The van der Waals surface area contributed by atoms with E-state index in [2.05, 4.69) is 14.4 Å². The molecule has 0 aliphatic heterocycles. The smallest absolute Gasteiger partial charge is 0.449 e. The third-order valence-electron chi connectivity index (χ3n) is 3.80. The van der Waals surface area contributed by atoms with Crippen molar-refractivity contribution in [2.75, 3.05) is 7.11 Å². The van der Waals surface area contributed by atoms with Crippen molar-refractivity contribution in [3.8, 4) is 46.1 Å². The van der Waals surface area contributed by atoms with Gasteiger partial charge in [0.15, 0.2) is 17.3 Å². The van der Waals surface area contributed by atoms with Crippen molar-refractivity contribution in [1.82, 2.24) is 14.8 Å². The van der Waals surface area contributed by atoms with Gasteiger partial charge in [0.1, 0.15) is 11.5 Å². The minimum absolute atomic E-state index is 0.0338. The minimum atomic E-state index is -4.92. The summed E-state index contributed by atoms with van der Waals surface area (Å²) in [7, 11) is -3.60. The minimum Gasteiger partial charge on any atom is -0.507 e. The van der Waals surface area contributed by atoms with Gasteiger partial charge in [-0.05, 0) is 32.0 Å². The molecular weight excluding hydrogens is 418 g/mol. The van der Waals surface area contributed by atoms with Crippen LogP contribution in [-0.4, -0.2) is 51.2 Å². The first kappa shape index (κ1) is 21.2. The van der Waals surface area contributed by atoms with Gasteiger partial charge in [-0.25, -0.2) is 4.57 Å². The monoisotopic (exact) mass is 437 g/mol. The number of nitrogens with zero attached hydrogens (tertiary/aromatic N) is 3. The van der Waals surface area contributed by atoms with Crippen molar-refractivity contribution in [3.63, 3.8) is 0 Å². The highest BCUT2D eigenvalue weighted by molar-refractivity contribution is 7.81. The summed E-state index contributed by atoms with van der Waals surface area (Å²) in [6.07, 6.45) is -0.125. The summed E-state index contributed by atoms with van der Waals surface area (Å²) >= 11 is 0. The van der Waals surface area contributed by atoms with E-state index in [1.54, 1.807) is 24.3 Å². The summed E-state index contributed by atoms with van der Waals surface area (Å²) in [6, 6.07) is 8.24. The maximum atomic E-state index is 11.3. The summed E-state index contributed by atoms with van der Waals surface area (Å²) in [5, 5.41) is 27.7. The van der Waals surface area contributed by atoms with Crippen LogP contribution >= 0.6 is 0 Å².